The van der Waals surface area contributed by atoms with Crippen molar-refractivity contribution in [3.8, 4) is 11.5 Å². The van der Waals surface area contributed by atoms with E-state index in [2.05, 4.69) is 60.6 Å². The van der Waals surface area contributed by atoms with E-state index in [1.165, 1.54) is 29.5 Å². The predicted molar refractivity (Wildman–Crippen MR) is 310 cm³/mol. The van der Waals surface area contributed by atoms with E-state index in [4.69, 9.17) is 33.9 Å². The zero-order valence-corrected chi connectivity index (χ0v) is 51.1. The van der Waals surface area contributed by atoms with Crippen LogP contribution in [-0.2, 0) is 53.3 Å². The molecule has 0 bridgehead atoms. The fourth-order valence-corrected chi connectivity index (χ4v) is 7.30. The molecule has 2 heterocycles. The monoisotopic (exact) mass is 1090 g/mol. The van der Waals surface area contributed by atoms with E-state index in [0.717, 1.165) is 44.1 Å². The molecule has 440 valence electrons. The highest BCUT2D eigenvalue weighted by molar-refractivity contribution is 5.83. The molecule has 13 heteroatoms. The number of benzene rings is 3. The quantitative estimate of drug-likeness (QED) is 0.0907. The van der Waals surface area contributed by atoms with Gasteiger partial charge in [-0.1, -0.05) is 111 Å². The van der Waals surface area contributed by atoms with Crippen LogP contribution < -0.4 is 0 Å². The molecule has 5 atom stereocenters. The van der Waals surface area contributed by atoms with Crippen LogP contribution in [0.1, 0.15) is 242 Å². The van der Waals surface area contributed by atoms with Crippen molar-refractivity contribution in [3.05, 3.63) is 95.1 Å². The van der Waals surface area contributed by atoms with Gasteiger partial charge in [0.05, 0.1) is 35.1 Å². The van der Waals surface area contributed by atoms with Crippen LogP contribution in [0.3, 0.4) is 0 Å². The summed E-state index contributed by atoms with van der Waals surface area (Å²) in [5.74, 6) is 0.929. The van der Waals surface area contributed by atoms with Gasteiger partial charge in [-0.15, -0.1) is 0 Å². The number of carbonyl (C=O) groups is 5. The van der Waals surface area contributed by atoms with Crippen molar-refractivity contribution in [2.24, 2.45) is 16.2 Å². The van der Waals surface area contributed by atoms with Crippen LogP contribution >= 0.6 is 0 Å². The second kappa shape index (κ2) is 33.2. The molecule has 0 amide bonds. The van der Waals surface area contributed by atoms with Crippen LogP contribution in [0.4, 0.5) is 0 Å². The lowest BCUT2D eigenvalue weighted by atomic mass is 9.90. The minimum Gasteiger partial charge on any atom is -0.508 e. The maximum absolute atomic E-state index is 11.8. The Bertz CT molecular complexity index is 2130. The number of ether oxygens (including phenoxy) is 5. The highest BCUT2D eigenvalue weighted by Crippen LogP contribution is 2.36. The average Bonchev–Trinajstić information content (AvgIpc) is 4.16. The SMILES string of the molecule is CCC(C)(C)C(=O)OC1(C)CCCC1.CCC(C)(C)C(=O)OC1CCOC1=O.CCC(C)(C)C(=O)OC1CCOC1=O.CCC(C)c1ccc(C(C)(C)O)cc1.CCC(C)c1ccc(O)cc1.CCC(C)c1ccc(O)cc1. The average molecular weight is 1090 g/mol. The molecule has 3 fully saturated rings. The topological polar surface area (TPSA) is 192 Å². The van der Waals surface area contributed by atoms with Crippen molar-refractivity contribution in [1.82, 2.24) is 0 Å². The van der Waals surface area contributed by atoms with E-state index in [1.807, 2.05) is 84.9 Å². The molecular formula is C65H102O13. The number of cyclic esters (lactones) is 2. The maximum Gasteiger partial charge on any atom is 0.347 e. The summed E-state index contributed by atoms with van der Waals surface area (Å²) in [6, 6.07) is 23.1. The first-order valence-electron chi connectivity index (χ1n) is 28.7. The van der Waals surface area contributed by atoms with E-state index in [1.54, 1.807) is 52.0 Å². The van der Waals surface area contributed by atoms with Crippen molar-refractivity contribution in [1.29, 1.82) is 0 Å². The summed E-state index contributed by atoms with van der Waals surface area (Å²) in [4.78, 5) is 57.0. The third-order valence-electron chi connectivity index (χ3n) is 15.5. The molecule has 3 aromatic rings. The minimum absolute atomic E-state index is 0.0376. The largest absolute Gasteiger partial charge is 0.508 e. The molecule has 0 aromatic heterocycles. The van der Waals surface area contributed by atoms with E-state index in [0.29, 0.717) is 68.1 Å². The summed E-state index contributed by atoms with van der Waals surface area (Å²) >= 11 is 0. The molecule has 6 rings (SSSR count). The van der Waals surface area contributed by atoms with Gasteiger partial charge in [0.1, 0.15) is 17.1 Å². The smallest absolute Gasteiger partial charge is 0.347 e. The van der Waals surface area contributed by atoms with Gasteiger partial charge in [0.2, 0.25) is 12.2 Å². The molecule has 3 aliphatic rings. The highest BCUT2D eigenvalue weighted by Gasteiger charge is 2.38. The Kier molecular flexibility index (Phi) is 30.1. The van der Waals surface area contributed by atoms with Gasteiger partial charge in [0.15, 0.2) is 0 Å². The number of rotatable bonds is 16. The summed E-state index contributed by atoms with van der Waals surface area (Å²) < 4.78 is 25.1. The van der Waals surface area contributed by atoms with E-state index >= 15 is 0 Å². The Labute approximate surface area is 469 Å². The Morgan fingerprint density at radius 1 is 0.538 bits per heavy atom. The Morgan fingerprint density at radius 3 is 1.09 bits per heavy atom. The zero-order chi connectivity index (χ0) is 59.7. The Balaban J connectivity index is 0.000000469. The second-order valence-corrected chi connectivity index (χ2v) is 23.8. The lowest BCUT2D eigenvalue weighted by Crippen LogP contribution is -2.35. The first-order valence-corrected chi connectivity index (χ1v) is 28.7. The molecule has 1 saturated carbocycles. The van der Waals surface area contributed by atoms with Crippen LogP contribution in [0.25, 0.3) is 0 Å². The van der Waals surface area contributed by atoms with Gasteiger partial charge >= 0.3 is 29.8 Å². The van der Waals surface area contributed by atoms with Crippen molar-refractivity contribution in [2.45, 2.75) is 243 Å². The lowest BCUT2D eigenvalue weighted by Gasteiger charge is -2.29. The molecular weight excluding hydrogens is 989 g/mol. The molecule has 2 aliphatic heterocycles. The fraction of sp³-hybridized carbons (Fsp3) is 0.646. The summed E-state index contributed by atoms with van der Waals surface area (Å²) in [6.45, 7) is 36.5. The summed E-state index contributed by atoms with van der Waals surface area (Å²) in [5, 5.41) is 27.8. The first-order chi connectivity index (χ1) is 36.3. The summed E-state index contributed by atoms with van der Waals surface area (Å²) in [5.41, 5.74) is 2.63. The molecule has 2 saturated heterocycles. The normalized spacial score (nSPS) is 17.8. The molecule has 0 radical (unpaired) electrons. The number of phenols is 2. The van der Waals surface area contributed by atoms with Crippen LogP contribution in [0.2, 0.25) is 0 Å². The molecule has 78 heavy (non-hydrogen) atoms. The van der Waals surface area contributed by atoms with Gasteiger partial charge < -0.3 is 39.0 Å². The maximum atomic E-state index is 11.8. The molecule has 3 aromatic carbocycles. The zero-order valence-electron chi connectivity index (χ0n) is 51.1. The van der Waals surface area contributed by atoms with Crippen molar-refractivity contribution in [3.63, 3.8) is 0 Å². The number of hydrogen-bond donors (Lipinski definition) is 3. The standard InChI is InChI=1S/C13H20O.C12H22O2.2C10H16O4.2C10H14O/c1-5-10(2)11-6-8-12(9-7-11)13(3,4)14;1-5-11(2,3)10(13)14-12(4)8-6-7-9-12;2*1-4-10(2,3)9(12)14-7-5-6-13-8(7)11;2*1-3-8(2)9-4-6-10(11)7-5-9/h6-10,14H,5H2,1-4H3;5-9H2,1-4H3;2*7H,4-6H2,1-3H3;2*4-8,11H,3H2,1-2H3. The molecule has 1 aliphatic carbocycles. The minimum atomic E-state index is -0.728. The van der Waals surface area contributed by atoms with Gasteiger partial charge in [-0.2, -0.15) is 0 Å². The molecule has 5 unspecified atom stereocenters. The number of esters is 5. The van der Waals surface area contributed by atoms with Crippen molar-refractivity contribution in [2.75, 3.05) is 13.2 Å². The second-order valence-electron chi connectivity index (χ2n) is 23.8. The summed E-state index contributed by atoms with van der Waals surface area (Å²) in [6.07, 6.45) is 9.67. The lowest BCUT2D eigenvalue weighted by molar-refractivity contribution is -0.168. The Hall–Kier alpha value is -5.43. The highest BCUT2D eigenvalue weighted by atomic mass is 16.6. The van der Waals surface area contributed by atoms with Crippen LogP contribution in [0.15, 0.2) is 72.8 Å². The van der Waals surface area contributed by atoms with Gasteiger partial charge in [0, 0.05) is 12.8 Å². The van der Waals surface area contributed by atoms with E-state index in [9.17, 15) is 29.1 Å². The number of phenolic OH excluding ortho intramolecular Hbond substituents is 2. The number of aromatic hydroxyl groups is 2. The third kappa shape index (κ3) is 24.7. The van der Waals surface area contributed by atoms with Gasteiger partial charge in [-0.3, -0.25) is 14.4 Å². The van der Waals surface area contributed by atoms with Gasteiger partial charge in [-0.05, 0) is 191 Å². The van der Waals surface area contributed by atoms with Crippen LogP contribution in [0.5, 0.6) is 11.5 Å². The van der Waals surface area contributed by atoms with E-state index in [-0.39, 0.29) is 28.9 Å². The van der Waals surface area contributed by atoms with Gasteiger partial charge in [0.25, 0.3) is 0 Å². The first kappa shape index (κ1) is 70.6. The number of aliphatic hydroxyl groups is 1. The molecule has 3 N–H and O–H groups in total. The number of hydrogen-bond acceptors (Lipinski definition) is 13. The van der Waals surface area contributed by atoms with Crippen LogP contribution in [-0.4, -0.2) is 76.2 Å². The van der Waals surface area contributed by atoms with E-state index < -0.39 is 40.6 Å². The molecule has 0 spiro atoms. The van der Waals surface area contributed by atoms with Gasteiger partial charge in [-0.25, -0.2) is 9.59 Å². The number of carbonyl (C=O) groups excluding carboxylic acids is 5. The fourth-order valence-electron chi connectivity index (χ4n) is 7.30. The third-order valence-corrected chi connectivity index (χ3v) is 15.5. The predicted octanol–water partition coefficient (Wildman–Crippen LogP) is 15.1. The molecule has 13 nitrogen and oxygen atoms in total. The van der Waals surface area contributed by atoms with Crippen molar-refractivity contribution >= 4 is 29.8 Å². The Morgan fingerprint density at radius 2 is 0.833 bits per heavy atom. The summed E-state index contributed by atoms with van der Waals surface area (Å²) in [7, 11) is 0. The van der Waals surface area contributed by atoms with Crippen LogP contribution in [0, 0.1) is 16.2 Å². The van der Waals surface area contributed by atoms with Crippen molar-refractivity contribution < 1.29 is 63.0 Å².